The number of morpholine rings is 1. The molecule has 0 unspecified atom stereocenters. The summed E-state index contributed by atoms with van der Waals surface area (Å²) in [5.74, 6) is 0.0415. The summed E-state index contributed by atoms with van der Waals surface area (Å²) in [6.45, 7) is 5.25. The Morgan fingerprint density at radius 3 is 2.71 bits per heavy atom. The fourth-order valence-corrected chi connectivity index (χ4v) is 3.05. The molecule has 1 aromatic carbocycles. The van der Waals surface area contributed by atoms with Crippen LogP contribution >= 0.6 is 0 Å². The van der Waals surface area contributed by atoms with Gasteiger partial charge in [0.1, 0.15) is 0 Å². The molecule has 2 saturated heterocycles. The van der Waals surface area contributed by atoms with Crippen molar-refractivity contribution in [3.63, 3.8) is 0 Å². The Morgan fingerprint density at radius 1 is 1.21 bits per heavy atom. The van der Waals surface area contributed by atoms with E-state index in [-0.39, 0.29) is 18.0 Å². The third-order valence-corrected chi connectivity index (χ3v) is 4.35. The molecule has 2 fully saturated rings. The van der Waals surface area contributed by atoms with Gasteiger partial charge in [-0.15, -0.1) is 0 Å². The molecule has 3 amide bonds. The first-order chi connectivity index (χ1) is 11.7. The van der Waals surface area contributed by atoms with Gasteiger partial charge in [-0.1, -0.05) is 18.2 Å². The van der Waals surface area contributed by atoms with Crippen LogP contribution < -0.4 is 15.5 Å². The van der Waals surface area contributed by atoms with E-state index in [0.29, 0.717) is 19.5 Å². The molecule has 3 rings (SSSR count). The summed E-state index contributed by atoms with van der Waals surface area (Å²) in [5, 5.41) is 5.75. The van der Waals surface area contributed by atoms with Gasteiger partial charge in [0.25, 0.3) is 0 Å². The van der Waals surface area contributed by atoms with Crippen LogP contribution in [-0.2, 0) is 9.53 Å². The van der Waals surface area contributed by atoms with Crippen molar-refractivity contribution in [2.24, 2.45) is 0 Å². The monoisotopic (exact) mass is 332 g/mol. The van der Waals surface area contributed by atoms with Crippen LogP contribution in [0.25, 0.3) is 0 Å². The smallest absolute Gasteiger partial charge is 0.315 e. The Morgan fingerprint density at radius 2 is 1.96 bits per heavy atom. The third kappa shape index (κ3) is 4.46. The zero-order valence-electron chi connectivity index (χ0n) is 13.7. The Kier molecular flexibility index (Phi) is 5.66. The van der Waals surface area contributed by atoms with E-state index >= 15 is 0 Å². The van der Waals surface area contributed by atoms with Gasteiger partial charge >= 0.3 is 6.03 Å². The summed E-state index contributed by atoms with van der Waals surface area (Å²) in [6, 6.07) is 9.17. The summed E-state index contributed by atoms with van der Waals surface area (Å²) in [5.41, 5.74) is 0.875. The third-order valence-electron chi connectivity index (χ3n) is 4.35. The maximum atomic E-state index is 12.1. The average molecular weight is 332 g/mol. The number of rotatable bonds is 5. The summed E-state index contributed by atoms with van der Waals surface area (Å²) in [6.07, 6.45) is 0.339. The van der Waals surface area contributed by atoms with Crippen molar-refractivity contribution in [3.8, 4) is 0 Å². The molecule has 1 atom stereocenters. The van der Waals surface area contributed by atoms with E-state index in [9.17, 15) is 9.59 Å². The van der Waals surface area contributed by atoms with Gasteiger partial charge in [-0.3, -0.25) is 9.69 Å². The molecule has 0 aromatic heterocycles. The van der Waals surface area contributed by atoms with Crippen molar-refractivity contribution in [2.75, 3.05) is 50.8 Å². The van der Waals surface area contributed by atoms with Crippen molar-refractivity contribution >= 4 is 17.6 Å². The van der Waals surface area contributed by atoms with Crippen molar-refractivity contribution in [3.05, 3.63) is 30.3 Å². The summed E-state index contributed by atoms with van der Waals surface area (Å²) < 4.78 is 5.29. The number of carbonyl (C=O) groups excluding carboxylic acids is 2. The van der Waals surface area contributed by atoms with Crippen LogP contribution in [0.5, 0.6) is 0 Å². The minimum Gasteiger partial charge on any atom is -0.379 e. The van der Waals surface area contributed by atoms with Crippen LogP contribution in [0.1, 0.15) is 6.42 Å². The van der Waals surface area contributed by atoms with E-state index in [1.165, 1.54) is 0 Å². The fourth-order valence-electron chi connectivity index (χ4n) is 3.05. The highest BCUT2D eigenvalue weighted by atomic mass is 16.5. The largest absolute Gasteiger partial charge is 0.379 e. The first kappa shape index (κ1) is 16.7. The lowest BCUT2D eigenvalue weighted by Gasteiger charge is -2.26. The van der Waals surface area contributed by atoms with Crippen molar-refractivity contribution in [2.45, 2.75) is 12.5 Å². The topological polar surface area (TPSA) is 73.9 Å². The molecule has 2 aliphatic heterocycles. The van der Waals surface area contributed by atoms with Crippen LogP contribution in [-0.4, -0.2) is 68.8 Å². The number of amides is 3. The van der Waals surface area contributed by atoms with E-state index in [1.807, 2.05) is 30.3 Å². The van der Waals surface area contributed by atoms with Gasteiger partial charge in [0.15, 0.2) is 0 Å². The zero-order valence-corrected chi connectivity index (χ0v) is 13.7. The molecule has 7 nitrogen and oxygen atoms in total. The van der Waals surface area contributed by atoms with Gasteiger partial charge in [-0.2, -0.15) is 0 Å². The molecule has 0 spiro atoms. The summed E-state index contributed by atoms with van der Waals surface area (Å²) in [4.78, 5) is 28.1. The van der Waals surface area contributed by atoms with E-state index < -0.39 is 0 Å². The molecule has 7 heteroatoms. The minimum absolute atomic E-state index is 0.0415. The second kappa shape index (κ2) is 8.12. The number of ether oxygens (including phenoxy) is 1. The molecule has 0 bridgehead atoms. The van der Waals surface area contributed by atoms with Gasteiger partial charge in [0.05, 0.1) is 19.3 Å². The average Bonchev–Trinajstić information content (AvgIpc) is 2.97. The first-order valence-electron chi connectivity index (χ1n) is 8.42. The number of urea groups is 1. The van der Waals surface area contributed by atoms with E-state index in [4.69, 9.17) is 4.74 Å². The molecule has 2 aliphatic rings. The quantitative estimate of drug-likeness (QED) is 0.820. The second-order valence-electron chi connectivity index (χ2n) is 6.10. The van der Waals surface area contributed by atoms with Gasteiger partial charge in [0.2, 0.25) is 5.91 Å². The second-order valence-corrected chi connectivity index (χ2v) is 6.10. The van der Waals surface area contributed by atoms with Gasteiger partial charge < -0.3 is 20.3 Å². The maximum Gasteiger partial charge on any atom is 0.315 e. The van der Waals surface area contributed by atoms with E-state index in [0.717, 1.165) is 38.5 Å². The Balaban J connectivity index is 1.40. The van der Waals surface area contributed by atoms with Crippen LogP contribution in [0.3, 0.4) is 0 Å². The fraction of sp³-hybridized carbons (Fsp3) is 0.529. The lowest BCUT2D eigenvalue weighted by molar-refractivity contribution is -0.117. The number of para-hydroxylation sites is 1. The van der Waals surface area contributed by atoms with Crippen LogP contribution in [0.2, 0.25) is 0 Å². The molecule has 1 aromatic rings. The molecule has 0 aliphatic carbocycles. The SMILES string of the molecule is O=C(NCCN1CCOCC1)N[C@H]1CC(=O)N(c2ccccc2)C1. The minimum atomic E-state index is -0.212. The highest BCUT2D eigenvalue weighted by Gasteiger charge is 2.31. The highest BCUT2D eigenvalue weighted by Crippen LogP contribution is 2.20. The molecule has 2 heterocycles. The summed E-state index contributed by atoms with van der Waals surface area (Å²) in [7, 11) is 0. The van der Waals surface area contributed by atoms with Gasteiger partial charge in [-0.05, 0) is 12.1 Å². The maximum absolute atomic E-state index is 12.1. The van der Waals surface area contributed by atoms with Crippen molar-refractivity contribution in [1.82, 2.24) is 15.5 Å². The predicted octanol–water partition coefficient (Wildman–Crippen LogP) is 0.423. The Bertz CT molecular complexity index is 560. The molecular weight excluding hydrogens is 308 g/mol. The number of hydrogen-bond donors (Lipinski definition) is 2. The lowest BCUT2D eigenvalue weighted by atomic mass is 10.2. The van der Waals surface area contributed by atoms with E-state index in [1.54, 1.807) is 4.90 Å². The van der Waals surface area contributed by atoms with Gasteiger partial charge in [0, 0.05) is 44.8 Å². The number of anilines is 1. The normalized spacial score (nSPS) is 21.8. The number of hydrogen-bond acceptors (Lipinski definition) is 4. The van der Waals surface area contributed by atoms with Crippen molar-refractivity contribution < 1.29 is 14.3 Å². The van der Waals surface area contributed by atoms with Crippen molar-refractivity contribution in [1.29, 1.82) is 0 Å². The van der Waals surface area contributed by atoms with Gasteiger partial charge in [-0.25, -0.2) is 4.79 Å². The molecule has 130 valence electrons. The lowest BCUT2D eigenvalue weighted by Crippen LogP contribution is -2.46. The first-order valence-corrected chi connectivity index (χ1v) is 8.42. The number of nitrogens with one attached hydrogen (secondary N) is 2. The Hall–Kier alpha value is -2.12. The molecule has 2 N–H and O–H groups in total. The standard InChI is InChI=1S/C17H24N4O3/c22-16-12-14(13-21(16)15-4-2-1-3-5-15)19-17(23)18-6-7-20-8-10-24-11-9-20/h1-5,14H,6-13H2,(H2,18,19,23)/t14-/m0/s1. The van der Waals surface area contributed by atoms with Crippen LogP contribution in [0.15, 0.2) is 30.3 Å². The zero-order chi connectivity index (χ0) is 16.8. The van der Waals surface area contributed by atoms with Crippen LogP contribution in [0, 0.1) is 0 Å². The molecular formula is C17H24N4O3. The molecule has 0 radical (unpaired) electrons. The summed E-state index contributed by atoms with van der Waals surface area (Å²) >= 11 is 0. The number of benzene rings is 1. The number of nitrogens with zero attached hydrogens (tertiary/aromatic N) is 2. The highest BCUT2D eigenvalue weighted by molar-refractivity contribution is 5.96. The molecule has 0 saturated carbocycles. The number of carbonyl (C=O) groups is 2. The van der Waals surface area contributed by atoms with E-state index in [2.05, 4.69) is 15.5 Å². The van der Waals surface area contributed by atoms with Crippen LogP contribution in [0.4, 0.5) is 10.5 Å². The molecule has 24 heavy (non-hydrogen) atoms. The Labute approximate surface area is 141 Å². The predicted molar refractivity (Wildman–Crippen MR) is 91.0 cm³/mol.